The van der Waals surface area contributed by atoms with Gasteiger partial charge >= 0.3 is 5.69 Å². The van der Waals surface area contributed by atoms with Gasteiger partial charge in [0.05, 0.1) is 17.2 Å². The third-order valence-electron chi connectivity index (χ3n) is 2.32. The van der Waals surface area contributed by atoms with Gasteiger partial charge in [0.2, 0.25) is 5.82 Å². The van der Waals surface area contributed by atoms with E-state index in [1.165, 1.54) is 12.1 Å². The minimum absolute atomic E-state index is 0.106. The first-order valence-corrected chi connectivity index (χ1v) is 5.19. The van der Waals surface area contributed by atoms with Crippen LogP contribution < -0.4 is 11.1 Å². The number of hydrogen-bond donors (Lipinski definition) is 2. The second-order valence-electron chi connectivity index (χ2n) is 3.69. The number of nitrogens with two attached hydrogens (primary N) is 1. The van der Waals surface area contributed by atoms with Gasteiger partial charge in [0.25, 0.3) is 0 Å². The van der Waals surface area contributed by atoms with Crippen molar-refractivity contribution in [2.75, 3.05) is 11.1 Å². The lowest BCUT2D eigenvalue weighted by atomic mass is 10.3. The van der Waals surface area contributed by atoms with E-state index in [0.29, 0.717) is 12.4 Å². The lowest BCUT2D eigenvalue weighted by Crippen LogP contribution is -2.05. The van der Waals surface area contributed by atoms with E-state index < -0.39 is 4.92 Å². The Kier molecular flexibility index (Phi) is 3.09. The quantitative estimate of drug-likeness (QED) is 0.614. The van der Waals surface area contributed by atoms with Crippen molar-refractivity contribution in [3.8, 4) is 0 Å². The highest BCUT2D eigenvalue weighted by molar-refractivity contribution is 5.57. The number of aryl methyl sites for hydroxylation is 1. The Bertz CT molecular complexity index is 579. The molecule has 94 valence electrons. The van der Waals surface area contributed by atoms with Crippen LogP contribution in [0.2, 0.25) is 0 Å². The number of nitrogens with zero attached hydrogens (tertiary/aromatic N) is 4. The van der Waals surface area contributed by atoms with Crippen LogP contribution in [-0.2, 0) is 13.6 Å². The van der Waals surface area contributed by atoms with E-state index in [1.54, 1.807) is 4.68 Å². The standard InChI is InChI=1S/C10H12N6O2/c1-15-5-4-7(14-15)6-12-9-3-2-8(16(17)18)10(11)13-9/h2-5H,6H2,1H3,(H3,11,12,13). The fourth-order valence-corrected chi connectivity index (χ4v) is 1.46. The zero-order valence-electron chi connectivity index (χ0n) is 9.70. The van der Waals surface area contributed by atoms with E-state index in [9.17, 15) is 10.1 Å². The van der Waals surface area contributed by atoms with E-state index in [2.05, 4.69) is 15.4 Å². The lowest BCUT2D eigenvalue weighted by Gasteiger charge is -2.04. The first kappa shape index (κ1) is 11.8. The van der Waals surface area contributed by atoms with Crippen LogP contribution in [-0.4, -0.2) is 19.7 Å². The summed E-state index contributed by atoms with van der Waals surface area (Å²) in [5.74, 6) is 0.370. The lowest BCUT2D eigenvalue weighted by molar-refractivity contribution is -0.384. The van der Waals surface area contributed by atoms with Crippen molar-refractivity contribution in [3.05, 3.63) is 40.2 Å². The Labute approximate surface area is 103 Å². The first-order valence-electron chi connectivity index (χ1n) is 5.19. The van der Waals surface area contributed by atoms with Crippen LogP contribution >= 0.6 is 0 Å². The molecular weight excluding hydrogens is 236 g/mol. The summed E-state index contributed by atoms with van der Waals surface area (Å²) >= 11 is 0. The van der Waals surface area contributed by atoms with Crippen molar-refractivity contribution in [3.63, 3.8) is 0 Å². The largest absolute Gasteiger partial charge is 0.378 e. The molecule has 0 fully saturated rings. The Hall–Kier alpha value is -2.64. The number of pyridine rings is 1. The molecule has 0 aliphatic carbocycles. The SMILES string of the molecule is Cn1ccc(CNc2ccc([N+](=O)[O-])c(N)n2)n1. The fraction of sp³-hybridized carbons (Fsp3) is 0.200. The molecule has 0 aromatic carbocycles. The number of nitrogens with one attached hydrogen (secondary N) is 1. The summed E-state index contributed by atoms with van der Waals surface area (Å²) in [7, 11) is 1.83. The summed E-state index contributed by atoms with van der Waals surface area (Å²) in [5.41, 5.74) is 6.13. The molecule has 0 amide bonds. The molecule has 3 N–H and O–H groups in total. The maximum atomic E-state index is 10.6. The summed E-state index contributed by atoms with van der Waals surface area (Å²) in [6.45, 7) is 0.477. The molecule has 8 nitrogen and oxygen atoms in total. The molecule has 0 bridgehead atoms. The van der Waals surface area contributed by atoms with Gasteiger partial charge in [0.15, 0.2) is 0 Å². The van der Waals surface area contributed by atoms with Gasteiger partial charge in [-0.25, -0.2) is 4.98 Å². The zero-order valence-corrected chi connectivity index (χ0v) is 9.70. The number of anilines is 2. The van der Waals surface area contributed by atoms with Crippen molar-refractivity contribution < 1.29 is 4.92 Å². The van der Waals surface area contributed by atoms with Gasteiger partial charge in [-0.05, 0) is 12.1 Å². The number of aromatic nitrogens is 3. The van der Waals surface area contributed by atoms with Crippen molar-refractivity contribution >= 4 is 17.3 Å². The van der Waals surface area contributed by atoms with Crippen LogP contribution in [0, 0.1) is 10.1 Å². The van der Waals surface area contributed by atoms with Gasteiger partial charge in [0.1, 0.15) is 5.82 Å². The second-order valence-corrected chi connectivity index (χ2v) is 3.69. The predicted molar refractivity (Wildman–Crippen MR) is 65.8 cm³/mol. The smallest absolute Gasteiger partial charge is 0.311 e. The van der Waals surface area contributed by atoms with Crippen LogP contribution in [0.4, 0.5) is 17.3 Å². The van der Waals surface area contributed by atoms with Crippen molar-refractivity contribution in [1.82, 2.24) is 14.8 Å². The topological polar surface area (TPSA) is 112 Å². The Balaban J connectivity index is 2.06. The van der Waals surface area contributed by atoms with Crippen LogP contribution in [0.15, 0.2) is 24.4 Å². The average Bonchev–Trinajstić information content (AvgIpc) is 2.72. The third kappa shape index (κ3) is 2.54. The molecule has 0 aliphatic heterocycles. The van der Waals surface area contributed by atoms with E-state index in [-0.39, 0.29) is 11.5 Å². The number of nitrogen functional groups attached to an aromatic ring is 1. The first-order chi connectivity index (χ1) is 8.56. The molecule has 0 radical (unpaired) electrons. The minimum Gasteiger partial charge on any atom is -0.378 e. The van der Waals surface area contributed by atoms with Gasteiger partial charge < -0.3 is 11.1 Å². The molecule has 0 aliphatic rings. The summed E-state index contributed by atoms with van der Waals surface area (Å²) in [5, 5.41) is 17.7. The normalized spacial score (nSPS) is 10.3. The number of nitro groups is 1. The van der Waals surface area contributed by atoms with Gasteiger partial charge in [-0.1, -0.05) is 0 Å². The molecule has 0 atom stereocenters. The third-order valence-corrected chi connectivity index (χ3v) is 2.32. The average molecular weight is 248 g/mol. The fourth-order valence-electron chi connectivity index (χ4n) is 1.46. The van der Waals surface area contributed by atoms with Gasteiger partial charge in [-0.15, -0.1) is 0 Å². The molecule has 2 heterocycles. The molecule has 2 aromatic rings. The van der Waals surface area contributed by atoms with Crippen LogP contribution in [0.1, 0.15) is 5.69 Å². The number of hydrogen-bond acceptors (Lipinski definition) is 6. The van der Waals surface area contributed by atoms with Crippen LogP contribution in [0.3, 0.4) is 0 Å². The Morgan fingerprint density at radius 3 is 2.83 bits per heavy atom. The molecule has 0 saturated carbocycles. The molecule has 2 rings (SSSR count). The van der Waals surface area contributed by atoms with E-state index in [4.69, 9.17) is 5.73 Å². The van der Waals surface area contributed by atoms with Gasteiger partial charge in [0, 0.05) is 19.3 Å². The molecule has 0 saturated heterocycles. The van der Waals surface area contributed by atoms with E-state index in [1.807, 2.05) is 19.3 Å². The van der Waals surface area contributed by atoms with Crippen LogP contribution in [0.5, 0.6) is 0 Å². The highest BCUT2D eigenvalue weighted by Crippen LogP contribution is 2.20. The Morgan fingerprint density at radius 1 is 1.50 bits per heavy atom. The summed E-state index contributed by atoms with van der Waals surface area (Å²) in [6, 6.07) is 4.70. The predicted octanol–water partition coefficient (Wildman–Crippen LogP) is 0.918. The maximum Gasteiger partial charge on any atom is 0.311 e. The summed E-state index contributed by atoms with van der Waals surface area (Å²) < 4.78 is 1.69. The van der Waals surface area contributed by atoms with Crippen LogP contribution in [0.25, 0.3) is 0 Å². The summed E-state index contributed by atoms with van der Waals surface area (Å²) in [6.07, 6.45) is 1.83. The highest BCUT2D eigenvalue weighted by atomic mass is 16.6. The molecule has 8 heteroatoms. The minimum atomic E-state index is -0.565. The van der Waals surface area contributed by atoms with E-state index >= 15 is 0 Å². The zero-order chi connectivity index (χ0) is 13.1. The molecule has 0 spiro atoms. The molecule has 18 heavy (non-hydrogen) atoms. The molecule has 0 unspecified atom stereocenters. The van der Waals surface area contributed by atoms with Crippen molar-refractivity contribution in [2.24, 2.45) is 7.05 Å². The monoisotopic (exact) mass is 248 g/mol. The Morgan fingerprint density at radius 2 is 2.28 bits per heavy atom. The second kappa shape index (κ2) is 4.70. The van der Waals surface area contributed by atoms with E-state index in [0.717, 1.165) is 5.69 Å². The van der Waals surface area contributed by atoms with Crippen molar-refractivity contribution in [2.45, 2.75) is 6.54 Å². The summed E-state index contributed by atoms with van der Waals surface area (Å²) in [4.78, 5) is 13.9. The highest BCUT2D eigenvalue weighted by Gasteiger charge is 2.12. The molecule has 2 aromatic heterocycles. The van der Waals surface area contributed by atoms with Gasteiger partial charge in [-0.2, -0.15) is 5.10 Å². The number of rotatable bonds is 4. The maximum absolute atomic E-state index is 10.6. The van der Waals surface area contributed by atoms with Gasteiger partial charge in [-0.3, -0.25) is 14.8 Å². The molecular formula is C10H12N6O2. The van der Waals surface area contributed by atoms with Crippen molar-refractivity contribution in [1.29, 1.82) is 0 Å².